The molecule has 7 aromatic carbocycles. The van der Waals surface area contributed by atoms with Crippen LogP contribution in [0.2, 0.25) is 0 Å². The van der Waals surface area contributed by atoms with Crippen molar-refractivity contribution in [3.8, 4) is 16.8 Å². The fraction of sp³-hybridized carbons (Fsp3) is 0.267. The van der Waals surface area contributed by atoms with Crippen LogP contribution in [0.1, 0.15) is 104 Å². The van der Waals surface area contributed by atoms with Crippen molar-refractivity contribution < 1.29 is 13.3 Å². The van der Waals surface area contributed by atoms with Crippen LogP contribution in [0.4, 0.5) is 11.4 Å². The highest BCUT2D eigenvalue weighted by molar-refractivity contribution is 6.73. The van der Waals surface area contributed by atoms with Gasteiger partial charge in [-0.05, 0) is 122 Å². The van der Waals surface area contributed by atoms with E-state index in [-0.39, 0.29) is 21.7 Å². The molecule has 0 saturated heterocycles. The summed E-state index contributed by atoms with van der Waals surface area (Å²) in [7, 11) is 2.29. The molecular formula is C60H54BN2O3. The number of benzene rings is 7. The molecule has 0 fully saturated rings. The van der Waals surface area contributed by atoms with Gasteiger partial charge >= 0.3 is 0 Å². The number of fused-ring (bicyclic) bond motifs is 14. The molecule has 0 unspecified atom stereocenters. The van der Waals surface area contributed by atoms with E-state index in [1.807, 2.05) is 6.07 Å². The third-order valence-corrected chi connectivity index (χ3v) is 15.4. The molecule has 11 aromatic rings. The molecule has 0 spiro atoms. The first-order valence-electron chi connectivity index (χ1n) is 23.7. The maximum Gasteiger partial charge on any atom is 0.247 e. The van der Waals surface area contributed by atoms with Gasteiger partial charge in [0.25, 0.3) is 0 Å². The van der Waals surface area contributed by atoms with Gasteiger partial charge in [-0.2, -0.15) is 0 Å². The number of rotatable bonds is 3. The summed E-state index contributed by atoms with van der Waals surface area (Å²) in [6, 6.07) is 42.6. The number of hydrogen-bond donors (Lipinski definition) is 1. The molecule has 13 rings (SSSR count). The molecule has 325 valence electrons. The Labute approximate surface area is 386 Å². The van der Waals surface area contributed by atoms with Crippen LogP contribution in [0, 0.1) is 0 Å². The van der Waals surface area contributed by atoms with Gasteiger partial charge in [-0.15, -0.1) is 0 Å². The molecule has 0 saturated carbocycles. The van der Waals surface area contributed by atoms with Crippen LogP contribution >= 0.6 is 0 Å². The fourth-order valence-electron chi connectivity index (χ4n) is 11.4. The summed E-state index contributed by atoms with van der Waals surface area (Å²) >= 11 is 0. The summed E-state index contributed by atoms with van der Waals surface area (Å²) in [5.74, 6) is 0. The fourth-order valence-corrected chi connectivity index (χ4v) is 11.4. The topological polar surface area (TPSA) is 56.4 Å². The summed E-state index contributed by atoms with van der Waals surface area (Å²) in [6.07, 6.45) is 2.30. The molecule has 1 radical (unpaired) electrons. The maximum absolute atomic E-state index is 6.93. The largest absolute Gasteiger partial charge is 0.469 e. The van der Waals surface area contributed by atoms with E-state index >= 15 is 0 Å². The quantitative estimate of drug-likeness (QED) is 0.180. The smallest absolute Gasteiger partial charge is 0.247 e. The van der Waals surface area contributed by atoms with Crippen LogP contribution in [0.5, 0.6) is 0 Å². The lowest BCUT2D eigenvalue weighted by molar-refractivity contribution is 0.332. The third kappa shape index (κ3) is 5.66. The van der Waals surface area contributed by atoms with Crippen LogP contribution in [0.25, 0.3) is 93.5 Å². The molecule has 0 atom stereocenters. The van der Waals surface area contributed by atoms with E-state index in [2.05, 4.69) is 196 Å². The molecule has 2 aliphatic rings. The van der Waals surface area contributed by atoms with E-state index in [0.717, 1.165) is 118 Å². The number of anilines is 2. The van der Waals surface area contributed by atoms with Gasteiger partial charge in [0.2, 0.25) is 7.28 Å². The average Bonchev–Trinajstić information content (AvgIpc) is 4.02. The molecule has 5 nitrogen and oxygen atoms in total. The molecule has 4 aromatic heterocycles. The number of nitrogens with one attached hydrogen (secondary N) is 1. The first kappa shape index (κ1) is 39.7. The Morgan fingerprint density at radius 3 is 1.91 bits per heavy atom. The second kappa shape index (κ2) is 13.0. The molecule has 5 heterocycles. The lowest BCUT2D eigenvalue weighted by Gasteiger charge is -2.41. The summed E-state index contributed by atoms with van der Waals surface area (Å²) in [6.45, 7) is 23.2. The molecule has 6 heteroatoms. The Hall–Kier alpha value is -6.66. The van der Waals surface area contributed by atoms with Gasteiger partial charge in [0, 0.05) is 66.6 Å². The number of aromatic nitrogens is 1. The van der Waals surface area contributed by atoms with E-state index in [9.17, 15) is 0 Å². The molecule has 0 bridgehead atoms. The molecule has 0 amide bonds. The minimum absolute atomic E-state index is 0.0338. The first-order valence-corrected chi connectivity index (χ1v) is 23.7. The minimum Gasteiger partial charge on any atom is -0.469 e. The van der Waals surface area contributed by atoms with E-state index in [0.29, 0.717) is 0 Å². The zero-order valence-corrected chi connectivity index (χ0v) is 39.6. The minimum atomic E-state index is -0.0338. The van der Waals surface area contributed by atoms with Crippen molar-refractivity contribution in [1.82, 2.24) is 4.57 Å². The standard InChI is InChI=1S/C60H54BN2O3/c1-57(2,3)32-15-18-34(19-16-32)62-46-30-51-41(42-28-44-45(29-50(42)65-51)60(9,10)24-23-59(44,7)8)26-38(46)36-20-21-37-39-27-40-35-13-11-12-14-48(35)64-52(40)31-47(39)63-54(37)53(36)61-56-55(63)43-25-33(58(4,5)6)17-22-49(43)66-56/h11-22,25-31,62H,23-24H2,1-10H3. The van der Waals surface area contributed by atoms with Crippen molar-refractivity contribution >= 4 is 106 Å². The lowest BCUT2D eigenvalue weighted by Crippen LogP contribution is -2.36. The van der Waals surface area contributed by atoms with E-state index in [1.54, 1.807) is 0 Å². The van der Waals surface area contributed by atoms with Gasteiger partial charge in [0.05, 0.1) is 22.6 Å². The predicted octanol–water partition coefficient (Wildman–Crippen LogP) is 15.7. The van der Waals surface area contributed by atoms with Crippen LogP contribution in [-0.4, -0.2) is 11.8 Å². The van der Waals surface area contributed by atoms with Crippen molar-refractivity contribution in [3.63, 3.8) is 0 Å². The second-order valence-electron chi connectivity index (χ2n) is 22.8. The SMILES string of the molecule is CC(C)(C)c1ccc(Nc2cc3oc4cc5c(cc4c3cc2-c2ccc3c4cc6c(cc4n4c3c2[B]c2oc3ccc(C(C)(C)C)cc3c2-4)oc2ccccc26)C(C)(C)CCC5(C)C)cc1. The van der Waals surface area contributed by atoms with Crippen molar-refractivity contribution in [2.45, 2.75) is 104 Å². The molecular weight excluding hydrogens is 807 g/mol. The predicted molar refractivity (Wildman–Crippen MR) is 278 cm³/mol. The first-order chi connectivity index (χ1) is 31.4. The Morgan fingerprint density at radius 1 is 0.515 bits per heavy atom. The Morgan fingerprint density at radius 2 is 1.15 bits per heavy atom. The lowest BCUT2D eigenvalue weighted by atomic mass is 9.62. The van der Waals surface area contributed by atoms with Gasteiger partial charge in [-0.25, -0.2) is 0 Å². The summed E-state index contributed by atoms with van der Waals surface area (Å²) in [5.41, 5.74) is 19.5. The van der Waals surface area contributed by atoms with Crippen LogP contribution in [-0.2, 0) is 21.7 Å². The van der Waals surface area contributed by atoms with Crippen molar-refractivity contribution in [1.29, 1.82) is 0 Å². The van der Waals surface area contributed by atoms with E-state index in [4.69, 9.17) is 13.3 Å². The normalized spacial score (nSPS) is 15.7. The Balaban J connectivity index is 1.11. The van der Waals surface area contributed by atoms with Crippen molar-refractivity contribution in [3.05, 3.63) is 138 Å². The highest BCUT2D eigenvalue weighted by atomic mass is 16.3. The van der Waals surface area contributed by atoms with Crippen LogP contribution in [0.3, 0.4) is 0 Å². The van der Waals surface area contributed by atoms with Crippen molar-refractivity contribution in [2.75, 3.05) is 5.32 Å². The van der Waals surface area contributed by atoms with Gasteiger partial charge in [0.1, 0.15) is 27.9 Å². The molecule has 66 heavy (non-hydrogen) atoms. The van der Waals surface area contributed by atoms with Gasteiger partial charge < -0.3 is 23.1 Å². The Kier molecular flexibility index (Phi) is 7.84. The van der Waals surface area contributed by atoms with Gasteiger partial charge in [-0.3, -0.25) is 0 Å². The summed E-state index contributed by atoms with van der Waals surface area (Å²) < 4.78 is 22.9. The van der Waals surface area contributed by atoms with Crippen LogP contribution in [0.15, 0.2) is 129 Å². The summed E-state index contributed by atoms with van der Waals surface area (Å²) in [5, 5.41) is 11.9. The zero-order chi connectivity index (χ0) is 45.4. The number of nitrogens with zero attached hydrogens (tertiary/aromatic N) is 1. The summed E-state index contributed by atoms with van der Waals surface area (Å²) in [4.78, 5) is 0. The van der Waals surface area contributed by atoms with E-state index < -0.39 is 0 Å². The maximum atomic E-state index is 6.93. The van der Waals surface area contributed by atoms with Crippen LogP contribution < -0.4 is 16.4 Å². The molecule has 1 aliphatic carbocycles. The third-order valence-electron chi connectivity index (χ3n) is 15.4. The number of furan rings is 3. The monoisotopic (exact) mass is 861 g/mol. The highest BCUT2D eigenvalue weighted by Crippen LogP contribution is 2.50. The second-order valence-corrected chi connectivity index (χ2v) is 22.8. The van der Waals surface area contributed by atoms with Gasteiger partial charge in [-0.1, -0.05) is 118 Å². The zero-order valence-electron chi connectivity index (χ0n) is 39.6. The van der Waals surface area contributed by atoms with E-state index in [1.165, 1.54) is 33.0 Å². The average molecular weight is 862 g/mol. The van der Waals surface area contributed by atoms with Gasteiger partial charge in [0.15, 0.2) is 0 Å². The number of para-hydroxylation sites is 1. The Bertz CT molecular complexity index is 3890. The number of hydrogen-bond acceptors (Lipinski definition) is 4. The highest BCUT2D eigenvalue weighted by Gasteiger charge is 2.38. The molecule has 1 aliphatic heterocycles. The van der Waals surface area contributed by atoms with Crippen molar-refractivity contribution in [2.24, 2.45) is 0 Å². The molecule has 1 N–H and O–H groups in total.